The lowest BCUT2D eigenvalue weighted by Crippen LogP contribution is -2.59. The Morgan fingerprint density at radius 2 is 1.47 bits per heavy atom. The molecular weight excluding hydrogens is 731 g/mol. The van der Waals surface area contributed by atoms with Crippen LogP contribution in [0.2, 0.25) is 0 Å². The molecule has 0 saturated carbocycles. The van der Waals surface area contributed by atoms with E-state index in [1.54, 1.807) is 18.9 Å². The number of ether oxygens (including phenoxy) is 3. The van der Waals surface area contributed by atoms with Gasteiger partial charge in [0.25, 0.3) is 10.0 Å². The van der Waals surface area contributed by atoms with Crippen molar-refractivity contribution >= 4 is 39.5 Å². The van der Waals surface area contributed by atoms with Crippen molar-refractivity contribution in [1.29, 1.82) is 0 Å². The minimum absolute atomic E-state index is 0.00295. The third-order valence-corrected chi connectivity index (χ3v) is 12.1. The molecule has 0 radical (unpaired) electrons. The topological polar surface area (TPSA) is 190 Å². The van der Waals surface area contributed by atoms with E-state index in [9.17, 15) is 32.4 Å². The smallest absolute Gasteiger partial charge is 0.337 e. The van der Waals surface area contributed by atoms with Crippen molar-refractivity contribution in [3.8, 4) is 0 Å². The van der Waals surface area contributed by atoms with Gasteiger partial charge in [0, 0.05) is 33.7 Å². The summed E-state index contributed by atoms with van der Waals surface area (Å²) in [6.45, 7) is 13.3. The first kappa shape index (κ1) is 47.7. The molecule has 55 heavy (non-hydrogen) atoms. The summed E-state index contributed by atoms with van der Waals surface area (Å²) in [6.07, 6.45) is 0.226. The number of hydrogen-bond donors (Lipinski definition) is 3. The van der Waals surface area contributed by atoms with Crippen LogP contribution in [0.5, 0.6) is 0 Å². The number of Topliss-reactive ketones (excluding diaryl/α,β-unsaturated/α-hetero) is 1. The molecule has 1 fully saturated rings. The van der Waals surface area contributed by atoms with Gasteiger partial charge in [-0.15, -0.1) is 0 Å². The summed E-state index contributed by atoms with van der Waals surface area (Å²) in [6, 6.07) is 2.27. The molecule has 5 unspecified atom stereocenters. The van der Waals surface area contributed by atoms with E-state index < -0.39 is 70.2 Å². The predicted molar refractivity (Wildman–Crippen MR) is 209 cm³/mol. The predicted octanol–water partition coefficient (Wildman–Crippen LogP) is 2.62. The van der Waals surface area contributed by atoms with Gasteiger partial charge in [0.2, 0.25) is 17.7 Å². The van der Waals surface area contributed by atoms with Crippen LogP contribution in [-0.4, -0.2) is 133 Å². The number of benzene rings is 1. The first-order chi connectivity index (χ1) is 25.7. The molecule has 1 heterocycles. The summed E-state index contributed by atoms with van der Waals surface area (Å²) in [7, 11) is 5.25. The molecule has 16 heteroatoms. The zero-order valence-corrected chi connectivity index (χ0v) is 35.7. The summed E-state index contributed by atoms with van der Waals surface area (Å²) in [5.74, 6) is -3.20. The Morgan fingerprint density at radius 3 is 1.95 bits per heavy atom. The van der Waals surface area contributed by atoms with E-state index in [-0.39, 0.29) is 52.2 Å². The molecule has 9 atom stereocenters. The minimum atomic E-state index is -4.26. The Balaban J connectivity index is 2.18. The molecule has 1 aliphatic rings. The van der Waals surface area contributed by atoms with Gasteiger partial charge in [-0.3, -0.25) is 24.1 Å². The first-order valence-electron chi connectivity index (χ1n) is 19.0. The first-order valence-corrected chi connectivity index (χ1v) is 20.5. The van der Waals surface area contributed by atoms with Crippen LogP contribution in [0.15, 0.2) is 29.2 Å². The quantitative estimate of drug-likeness (QED) is 0.155. The number of likely N-dealkylation sites (N-methyl/N-ethyl adjacent to an activating group) is 2. The van der Waals surface area contributed by atoms with Crippen molar-refractivity contribution < 1.29 is 46.6 Å². The zero-order valence-electron chi connectivity index (χ0n) is 34.9. The average molecular weight is 796 g/mol. The van der Waals surface area contributed by atoms with Gasteiger partial charge >= 0.3 is 5.97 Å². The van der Waals surface area contributed by atoms with Crippen LogP contribution < -0.4 is 15.4 Å². The third kappa shape index (κ3) is 12.3. The van der Waals surface area contributed by atoms with E-state index >= 15 is 0 Å². The third-order valence-electron chi connectivity index (χ3n) is 10.8. The average Bonchev–Trinajstić information content (AvgIpc) is 3.62. The number of amides is 3. The van der Waals surface area contributed by atoms with Crippen LogP contribution in [-0.2, 0) is 43.4 Å². The molecular formula is C39H65N5O10S. The lowest BCUT2D eigenvalue weighted by molar-refractivity contribution is -0.144. The molecule has 2 rings (SSSR count). The molecule has 15 nitrogen and oxygen atoms in total. The van der Waals surface area contributed by atoms with Crippen molar-refractivity contribution in [1.82, 2.24) is 25.2 Å². The van der Waals surface area contributed by atoms with Gasteiger partial charge in [-0.1, -0.05) is 54.9 Å². The molecule has 0 aromatic heterocycles. The summed E-state index contributed by atoms with van der Waals surface area (Å²) >= 11 is 0. The second kappa shape index (κ2) is 21.2. The van der Waals surface area contributed by atoms with Crippen LogP contribution in [0.4, 0.5) is 0 Å². The summed E-state index contributed by atoms with van der Waals surface area (Å²) in [5.41, 5.74) is 0.158. The molecule has 0 bridgehead atoms. The Morgan fingerprint density at radius 1 is 0.873 bits per heavy atom. The molecule has 0 spiro atoms. The van der Waals surface area contributed by atoms with Gasteiger partial charge in [0.05, 0.1) is 53.8 Å². The van der Waals surface area contributed by atoms with Crippen LogP contribution in [0.25, 0.3) is 0 Å². The number of rotatable bonds is 21. The fourth-order valence-corrected chi connectivity index (χ4v) is 8.56. The number of carbonyl (C=O) groups is 5. The maximum atomic E-state index is 14.1. The Kier molecular flexibility index (Phi) is 18.4. The summed E-state index contributed by atoms with van der Waals surface area (Å²) in [5, 5.41) is 6.31. The van der Waals surface area contributed by atoms with Crippen LogP contribution in [0, 0.1) is 23.7 Å². The molecule has 3 amide bonds. The Hall–Kier alpha value is -3.44. The summed E-state index contributed by atoms with van der Waals surface area (Å²) < 4.78 is 44.4. The van der Waals surface area contributed by atoms with Gasteiger partial charge in [-0.25, -0.2) is 17.9 Å². The summed E-state index contributed by atoms with van der Waals surface area (Å²) in [4.78, 5) is 69.6. The maximum Gasteiger partial charge on any atom is 0.337 e. The van der Waals surface area contributed by atoms with Gasteiger partial charge in [0.15, 0.2) is 5.78 Å². The molecule has 1 aromatic rings. The normalized spacial score (nSPS) is 19.9. The Labute approximate surface area is 328 Å². The Bertz CT molecular complexity index is 1560. The highest BCUT2D eigenvalue weighted by Gasteiger charge is 2.42. The molecule has 1 aliphatic heterocycles. The number of nitrogens with zero attached hydrogens (tertiary/aromatic N) is 2. The highest BCUT2D eigenvalue weighted by Crippen LogP contribution is 2.27. The van der Waals surface area contributed by atoms with E-state index in [1.165, 1.54) is 45.6 Å². The molecule has 3 N–H and O–H groups in total. The van der Waals surface area contributed by atoms with Crippen molar-refractivity contribution in [3.63, 3.8) is 0 Å². The van der Waals surface area contributed by atoms with Crippen molar-refractivity contribution in [2.75, 3.05) is 42.5 Å². The van der Waals surface area contributed by atoms with Gasteiger partial charge < -0.3 is 29.7 Å². The number of esters is 1. The minimum Gasteiger partial charge on any atom is -0.465 e. The van der Waals surface area contributed by atoms with Gasteiger partial charge in [-0.05, 0) is 69.0 Å². The monoisotopic (exact) mass is 795 g/mol. The number of carbonyl (C=O) groups excluding carboxylic acids is 5. The maximum absolute atomic E-state index is 14.1. The standard InChI is InChI=1S/C39H65N5O10S/c1-14-24(6)34(44(10)38(48)32(22(2)3)41-37(47)33(23(4)5)43(8)9)31(52-11)21-30(45)28-19-20-29(40-28)35(53-12)25(7)36(46)42-55(50,51)27-17-15-26(16-18-27)39(49)54-13/h15-18,22-25,28-29,31-35,40H,14,19-21H2,1-13H3,(H,41,47)(H,42,46)/t24?,25-,28?,29?,31?,32+,33+,34?,35-/m1/s1. The van der Waals surface area contributed by atoms with Crippen LogP contribution in [0.3, 0.4) is 0 Å². The van der Waals surface area contributed by atoms with Gasteiger partial charge in [0.1, 0.15) is 6.04 Å². The van der Waals surface area contributed by atoms with Crippen LogP contribution in [0.1, 0.15) is 84.5 Å². The van der Waals surface area contributed by atoms with Crippen LogP contribution >= 0.6 is 0 Å². The number of methoxy groups -OCH3 is 3. The molecule has 0 aliphatic carbocycles. The highest BCUT2D eigenvalue weighted by molar-refractivity contribution is 7.90. The fourth-order valence-electron chi connectivity index (χ4n) is 7.50. The highest BCUT2D eigenvalue weighted by atomic mass is 32.2. The van der Waals surface area contributed by atoms with Crippen molar-refractivity contribution in [3.05, 3.63) is 29.8 Å². The number of hydrogen-bond acceptors (Lipinski definition) is 12. The van der Waals surface area contributed by atoms with E-state index in [4.69, 9.17) is 9.47 Å². The largest absolute Gasteiger partial charge is 0.465 e. The van der Waals surface area contributed by atoms with E-state index in [1.807, 2.05) is 60.5 Å². The van der Waals surface area contributed by atoms with E-state index in [0.717, 1.165) is 0 Å². The van der Waals surface area contributed by atoms with Crippen molar-refractivity contribution in [2.45, 2.75) is 121 Å². The molecule has 312 valence electrons. The molecule has 1 saturated heterocycles. The van der Waals surface area contributed by atoms with Crippen molar-refractivity contribution in [2.24, 2.45) is 23.7 Å². The van der Waals surface area contributed by atoms with E-state index in [0.29, 0.717) is 19.3 Å². The number of sulfonamides is 1. The lowest BCUT2D eigenvalue weighted by Gasteiger charge is -2.40. The second-order valence-corrected chi connectivity index (χ2v) is 17.2. The number of nitrogens with one attached hydrogen (secondary N) is 3. The van der Waals surface area contributed by atoms with Gasteiger partial charge in [-0.2, -0.15) is 0 Å². The zero-order chi connectivity index (χ0) is 41.9. The number of ketones is 1. The molecule has 1 aromatic carbocycles. The fraction of sp³-hybridized carbons (Fsp3) is 0.718. The lowest BCUT2D eigenvalue weighted by atomic mass is 9.88. The second-order valence-electron chi connectivity index (χ2n) is 15.5. The SMILES string of the molecule is CCC(C)C(C(CC(=O)C1CCC([C@H](OC)[C@@H](C)C(=O)NS(=O)(=O)c2ccc(C(=O)OC)cc2)N1)OC)N(C)C(=O)[C@@H](NC(=O)[C@H](C(C)C)N(C)C)C(C)C. The van der Waals surface area contributed by atoms with E-state index in [2.05, 4.69) is 20.1 Å².